The fraction of sp³-hybridized carbons (Fsp3) is 0.417. The molecule has 1 saturated carbocycles. The number of nitrogens with one attached hydrogen (secondary N) is 1. The number of carbonyl (C=O) groups excluding carboxylic acids is 1. The molecule has 1 aromatic rings. The highest BCUT2D eigenvalue weighted by atomic mass is 32.2. The van der Waals surface area contributed by atoms with E-state index in [1.165, 1.54) is 0 Å². The Morgan fingerprint density at radius 3 is 2.24 bits per heavy atom. The van der Waals surface area contributed by atoms with Crippen LogP contribution in [-0.4, -0.2) is 35.5 Å². The number of hydrogen-bond acceptors (Lipinski definition) is 5. The van der Waals surface area contributed by atoms with E-state index in [4.69, 9.17) is 5.14 Å². The Morgan fingerprint density at radius 1 is 1.19 bits per heavy atom. The van der Waals surface area contributed by atoms with Crippen molar-refractivity contribution < 1.29 is 21.6 Å². The van der Waals surface area contributed by atoms with Crippen LogP contribution in [0, 0.1) is 5.92 Å². The number of carbonyl (C=O) groups is 1. The number of benzene rings is 1. The Labute approximate surface area is 123 Å². The molecule has 21 heavy (non-hydrogen) atoms. The molecule has 7 nitrogen and oxygen atoms in total. The zero-order valence-corrected chi connectivity index (χ0v) is 13.0. The number of hydrogen-bond donors (Lipinski definition) is 2. The molecule has 0 unspecified atom stereocenters. The summed E-state index contributed by atoms with van der Waals surface area (Å²) in [4.78, 5) is 11.3. The molecule has 0 bridgehead atoms. The van der Waals surface area contributed by atoms with Crippen LogP contribution < -0.4 is 10.5 Å². The standard InChI is InChI=1S/C12H16N2O5S2/c1-20(16,17)10-4-9(5-11(6-10)21(13,18)19)12(15)14-7-8-2-3-8/h4-6,8H,2-3,7H2,1H3,(H,14,15)(H2,13,18,19). The van der Waals surface area contributed by atoms with E-state index >= 15 is 0 Å². The van der Waals surface area contributed by atoms with E-state index in [1.54, 1.807) is 0 Å². The molecule has 0 spiro atoms. The van der Waals surface area contributed by atoms with E-state index in [9.17, 15) is 21.6 Å². The molecule has 1 aromatic carbocycles. The Bertz CT molecular complexity index is 730. The van der Waals surface area contributed by atoms with Gasteiger partial charge < -0.3 is 5.32 Å². The molecular formula is C12H16N2O5S2. The highest BCUT2D eigenvalue weighted by molar-refractivity contribution is 7.91. The zero-order chi connectivity index (χ0) is 15.8. The van der Waals surface area contributed by atoms with Crippen LogP contribution >= 0.6 is 0 Å². The van der Waals surface area contributed by atoms with E-state index < -0.39 is 30.7 Å². The van der Waals surface area contributed by atoms with Gasteiger partial charge in [-0.1, -0.05) is 0 Å². The summed E-state index contributed by atoms with van der Waals surface area (Å²) in [5, 5.41) is 7.66. The maximum Gasteiger partial charge on any atom is 0.251 e. The van der Waals surface area contributed by atoms with Gasteiger partial charge in [0.05, 0.1) is 9.79 Å². The van der Waals surface area contributed by atoms with Crippen LogP contribution in [0.15, 0.2) is 28.0 Å². The topological polar surface area (TPSA) is 123 Å². The second-order valence-electron chi connectivity index (χ2n) is 5.16. The highest BCUT2D eigenvalue weighted by Gasteiger charge is 2.23. The van der Waals surface area contributed by atoms with E-state index in [1.807, 2.05) is 0 Å². The molecule has 9 heteroatoms. The van der Waals surface area contributed by atoms with Gasteiger partial charge in [-0.15, -0.1) is 0 Å². The number of rotatable bonds is 5. The van der Waals surface area contributed by atoms with Crippen LogP contribution in [0.25, 0.3) is 0 Å². The van der Waals surface area contributed by atoms with Gasteiger partial charge >= 0.3 is 0 Å². The lowest BCUT2D eigenvalue weighted by atomic mass is 10.2. The van der Waals surface area contributed by atoms with Crippen LogP contribution in [-0.2, 0) is 19.9 Å². The average Bonchev–Trinajstić information content (AvgIpc) is 3.17. The van der Waals surface area contributed by atoms with Crippen LogP contribution in [0.2, 0.25) is 0 Å². The molecule has 0 radical (unpaired) electrons. The van der Waals surface area contributed by atoms with Gasteiger partial charge in [-0.25, -0.2) is 22.0 Å². The molecule has 0 saturated heterocycles. The SMILES string of the molecule is CS(=O)(=O)c1cc(C(=O)NCC2CC2)cc(S(N)(=O)=O)c1. The van der Waals surface area contributed by atoms with Crippen molar-refractivity contribution >= 4 is 25.8 Å². The monoisotopic (exact) mass is 332 g/mol. The quantitative estimate of drug-likeness (QED) is 0.778. The van der Waals surface area contributed by atoms with E-state index in [-0.39, 0.29) is 10.5 Å². The van der Waals surface area contributed by atoms with Crippen molar-refractivity contribution in [3.63, 3.8) is 0 Å². The summed E-state index contributed by atoms with van der Waals surface area (Å²) >= 11 is 0. The first-order valence-corrected chi connectivity index (χ1v) is 9.67. The lowest BCUT2D eigenvalue weighted by Crippen LogP contribution is -2.26. The maximum absolute atomic E-state index is 12.0. The lowest BCUT2D eigenvalue weighted by molar-refractivity contribution is 0.0951. The predicted molar refractivity (Wildman–Crippen MR) is 76.0 cm³/mol. The van der Waals surface area contributed by atoms with Gasteiger partial charge in [0.25, 0.3) is 5.91 Å². The van der Waals surface area contributed by atoms with Crippen molar-refractivity contribution in [2.24, 2.45) is 11.1 Å². The fourth-order valence-corrected chi connectivity index (χ4v) is 3.08. The van der Waals surface area contributed by atoms with E-state index in [0.717, 1.165) is 37.3 Å². The minimum atomic E-state index is -4.10. The van der Waals surface area contributed by atoms with Crippen molar-refractivity contribution in [1.29, 1.82) is 0 Å². The Hall–Kier alpha value is -1.45. The zero-order valence-electron chi connectivity index (χ0n) is 11.4. The smallest absolute Gasteiger partial charge is 0.251 e. The third kappa shape index (κ3) is 4.26. The molecule has 1 amide bonds. The molecular weight excluding hydrogens is 316 g/mol. The average molecular weight is 332 g/mol. The van der Waals surface area contributed by atoms with Gasteiger partial charge in [0, 0.05) is 18.4 Å². The molecule has 1 aliphatic carbocycles. The van der Waals surface area contributed by atoms with Gasteiger partial charge in [-0.2, -0.15) is 0 Å². The minimum absolute atomic E-state index is 0.0393. The number of sulfonamides is 1. The number of sulfone groups is 1. The fourth-order valence-electron chi connectivity index (χ4n) is 1.74. The summed E-state index contributed by atoms with van der Waals surface area (Å²) in [6, 6.07) is 3.17. The normalized spacial score (nSPS) is 15.7. The number of primary sulfonamides is 1. The first-order chi connectivity index (χ1) is 9.57. The first-order valence-electron chi connectivity index (χ1n) is 6.23. The molecule has 0 atom stereocenters. The Balaban J connectivity index is 2.41. The summed E-state index contributed by atoms with van der Waals surface area (Å²) in [6.07, 6.45) is 3.03. The second-order valence-corrected chi connectivity index (χ2v) is 8.74. The van der Waals surface area contributed by atoms with Crippen LogP contribution in [0.3, 0.4) is 0 Å². The van der Waals surface area contributed by atoms with Crippen molar-refractivity contribution in [1.82, 2.24) is 5.32 Å². The van der Waals surface area contributed by atoms with Gasteiger partial charge in [0.1, 0.15) is 0 Å². The van der Waals surface area contributed by atoms with Gasteiger partial charge in [0.15, 0.2) is 9.84 Å². The molecule has 0 heterocycles. The van der Waals surface area contributed by atoms with Crippen LogP contribution in [0.5, 0.6) is 0 Å². The largest absolute Gasteiger partial charge is 0.352 e. The second kappa shape index (κ2) is 5.39. The molecule has 116 valence electrons. The Morgan fingerprint density at radius 2 is 1.76 bits per heavy atom. The van der Waals surface area contributed by atoms with Gasteiger partial charge in [-0.05, 0) is 37.0 Å². The van der Waals surface area contributed by atoms with E-state index in [2.05, 4.69) is 5.32 Å². The summed E-state index contributed by atoms with van der Waals surface area (Å²) in [7, 11) is -7.77. The summed E-state index contributed by atoms with van der Waals surface area (Å²) in [6.45, 7) is 0.493. The summed E-state index contributed by atoms with van der Waals surface area (Å²) in [5.41, 5.74) is -0.0393. The predicted octanol–water partition coefficient (Wildman–Crippen LogP) is -0.123. The van der Waals surface area contributed by atoms with Crippen molar-refractivity contribution in [2.75, 3.05) is 12.8 Å². The molecule has 1 fully saturated rings. The first kappa shape index (κ1) is 15.9. The van der Waals surface area contributed by atoms with Crippen LogP contribution in [0.1, 0.15) is 23.2 Å². The maximum atomic E-state index is 12.0. The molecule has 2 rings (SSSR count). The third-order valence-electron chi connectivity index (χ3n) is 3.15. The number of amides is 1. The minimum Gasteiger partial charge on any atom is -0.352 e. The van der Waals surface area contributed by atoms with Crippen molar-refractivity contribution in [3.8, 4) is 0 Å². The molecule has 0 aliphatic heterocycles. The summed E-state index contributed by atoms with van der Waals surface area (Å²) < 4.78 is 46.0. The molecule has 3 N–H and O–H groups in total. The molecule has 1 aliphatic rings. The van der Waals surface area contributed by atoms with E-state index in [0.29, 0.717) is 12.5 Å². The van der Waals surface area contributed by atoms with Crippen molar-refractivity contribution in [2.45, 2.75) is 22.6 Å². The third-order valence-corrected chi connectivity index (χ3v) is 5.13. The van der Waals surface area contributed by atoms with Crippen LogP contribution in [0.4, 0.5) is 0 Å². The highest BCUT2D eigenvalue weighted by Crippen LogP contribution is 2.27. The lowest BCUT2D eigenvalue weighted by Gasteiger charge is -2.08. The van der Waals surface area contributed by atoms with Gasteiger partial charge in [-0.3, -0.25) is 4.79 Å². The Kier molecular flexibility index (Phi) is 4.09. The van der Waals surface area contributed by atoms with Gasteiger partial charge in [0.2, 0.25) is 10.0 Å². The molecule has 0 aromatic heterocycles. The van der Waals surface area contributed by atoms with Crippen molar-refractivity contribution in [3.05, 3.63) is 23.8 Å². The summed E-state index contributed by atoms with van der Waals surface area (Å²) in [5.74, 6) is -0.0675. The number of nitrogens with two attached hydrogens (primary N) is 1.